The molecule has 0 bridgehead atoms. The fourth-order valence-electron chi connectivity index (χ4n) is 2.47. The molecule has 5 heteroatoms. The molecule has 2 aromatic heterocycles. The first-order valence-electron chi connectivity index (χ1n) is 7.13. The van der Waals surface area contributed by atoms with Gasteiger partial charge in [-0.1, -0.05) is 12.1 Å². The number of furan rings is 1. The van der Waals surface area contributed by atoms with Gasteiger partial charge in [-0.3, -0.25) is 4.79 Å². The van der Waals surface area contributed by atoms with Crippen molar-refractivity contribution in [2.75, 3.05) is 13.7 Å². The molecule has 0 aliphatic carbocycles. The second-order valence-electron chi connectivity index (χ2n) is 5.11. The standard InChI is InChI=1S/C17H18N2O3/c1-19-14-8-10-22-16(14)11-15(19)17(20)18-9-7-12-3-5-13(21-2)6-4-12/h3-6,8,10-11H,7,9H2,1-2H3,(H,18,20). The molecule has 0 unspecified atom stereocenters. The van der Waals surface area contributed by atoms with E-state index in [1.54, 1.807) is 19.4 Å². The highest BCUT2D eigenvalue weighted by Crippen LogP contribution is 2.19. The lowest BCUT2D eigenvalue weighted by atomic mass is 10.1. The molecule has 0 saturated heterocycles. The molecule has 0 aliphatic heterocycles. The number of fused-ring (bicyclic) bond motifs is 1. The van der Waals surface area contributed by atoms with Crippen molar-refractivity contribution in [2.45, 2.75) is 6.42 Å². The minimum atomic E-state index is -0.0950. The van der Waals surface area contributed by atoms with Crippen molar-refractivity contribution in [1.29, 1.82) is 0 Å². The van der Waals surface area contributed by atoms with Crippen molar-refractivity contribution < 1.29 is 13.9 Å². The summed E-state index contributed by atoms with van der Waals surface area (Å²) in [6, 6.07) is 11.5. The molecule has 0 aliphatic rings. The first-order valence-corrected chi connectivity index (χ1v) is 7.13. The fraction of sp³-hybridized carbons (Fsp3) is 0.235. The lowest BCUT2D eigenvalue weighted by Gasteiger charge is -2.07. The lowest BCUT2D eigenvalue weighted by Crippen LogP contribution is -2.27. The Hall–Kier alpha value is -2.69. The quantitative estimate of drug-likeness (QED) is 0.788. The average molecular weight is 298 g/mol. The Kier molecular flexibility index (Phi) is 3.87. The van der Waals surface area contributed by atoms with Crippen molar-refractivity contribution in [1.82, 2.24) is 9.88 Å². The van der Waals surface area contributed by atoms with E-state index in [1.165, 1.54) is 0 Å². The van der Waals surface area contributed by atoms with E-state index in [-0.39, 0.29) is 5.91 Å². The van der Waals surface area contributed by atoms with Crippen LogP contribution in [0.4, 0.5) is 0 Å². The molecular weight excluding hydrogens is 280 g/mol. The summed E-state index contributed by atoms with van der Waals surface area (Å²) in [5.41, 5.74) is 3.40. The molecule has 1 amide bonds. The highest BCUT2D eigenvalue weighted by Gasteiger charge is 2.14. The maximum Gasteiger partial charge on any atom is 0.268 e. The summed E-state index contributed by atoms with van der Waals surface area (Å²) in [6.07, 6.45) is 2.40. The van der Waals surface area contributed by atoms with E-state index in [1.807, 2.05) is 41.9 Å². The van der Waals surface area contributed by atoms with Gasteiger partial charge >= 0.3 is 0 Å². The maximum absolute atomic E-state index is 12.2. The van der Waals surface area contributed by atoms with Crippen LogP contribution in [0.5, 0.6) is 5.75 Å². The SMILES string of the molecule is COc1ccc(CCNC(=O)c2cc3occc3n2C)cc1. The number of nitrogens with one attached hydrogen (secondary N) is 1. The lowest BCUT2D eigenvalue weighted by molar-refractivity contribution is 0.0946. The third-order valence-electron chi connectivity index (χ3n) is 3.75. The van der Waals surface area contributed by atoms with E-state index in [0.29, 0.717) is 12.2 Å². The van der Waals surface area contributed by atoms with Crippen LogP contribution in [0, 0.1) is 0 Å². The molecule has 0 saturated carbocycles. The van der Waals surface area contributed by atoms with E-state index < -0.39 is 0 Å². The van der Waals surface area contributed by atoms with Gasteiger partial charge in [-0.25, -0.2) is 0 Å². The van der Waals surface area contributed by atoms with Crippen molar-refractivity contribution in [2.24, 2.45) is 7.05 Å². The Morgan fingerprint density at radius 3 is 2.73 bits per heavy atom. The van der Waals surface area contributed by atoms with Crippen molar-refractivity contribution in [3.8, 4) is 5.75 Å². The van der Waals surface area contributed by atoms with Crippen LogP contribution < -0.4 is 10.1 Å². The molecule has 0 atom stereocenters. The highest BCUT2D eigenvalue weighted by molar-refractivity contribution is 5.97. The van der Waals surface area contributed by atoms with Crippen LogP contribution in [0.1, 0.15) is 16.1 Å². The second-order valence-corrected chi connectivity index (χ2v) is 5.11. The minimum absolute atomic E-state index is 0.0950. The van der Waals surface area contributed by atoms with Gasteiger partial charge in [0.05, 0.1) is 18.9 Å². The van der Waals surface area contributed by atoms with Gasteiger partial charge < -0.3 is 19.0 Å². The summed E-state index contributed by atoms with van der Waals surface area (Å²) < 4.78 is 12.3. The van der Waals surface area contributed by atoms with E-state index in [9.17, 15) is 4.79 Å². The van der Waals surface area contributed by atoms with E-state index >= 15 is 0 Å². The molecule has 1 aromatic carbocycles. The predicted octanol–water partition coefficient (Wildman–Crippen LogP) is 2.75. The van der Waals surface area contributed by atoms with Crippen LogP contribution in [0.25, 0.3) is 11.1 Å². The van der Waals surface area contributed by atoms with Gasteiger partial charge in [0.15, 0.2) is 5.58 Å². The van der Waals surface area contributed by atoms with Crippen LogP contribution >= 0.6 is 0 Å². The molecule has 1 N–H and O–H groups in total. The normalized spacial score (nSPS) is 10.8. The number of carbonyl (C=O) groups is 1. The summed E-state index contributed by atoms with van der Waals surface area (Å²) in [6.45, 7) is 0.581. The molecule has 3 aromatic rings. The number of rotatable bonds is 5. The fourth-order valence-corrected chi connectivity index (χ4v) is 2.47. The number of ether oxygens (including phenoxy) is 1. The summed E-state index contributed by atoms with van der Waals surface area (Å²) in [5, 5.41) is 2.93. The molecular formula is C17H18N2O3. The number of carbonyl (C=O) groups excluding carboxylic acids is 1. The molecule has 0 spiro atoms. The predicted molar refractivity (Wildman–Crippen MR) is 84.2 cm³/mol. The Morgan fingerprint density at radius 2 is 2.05 bits per heavy atom. The van der Waals surface area contributed by atoms with Gasteiger partial charge in [-0.15, -0.1) is 0 Å². The maximum atomic E-state index is 12.2. The zero-order chi connectivity index (χ0) is 15.5. The summed E-state index contributed by atoms with van der Waals surface area (Å²) in [4.78, 5) is 12.2. The molecule has 0 fully saturated rings. The summed E-state index contributed by atoms with van der Waals surface area (Å²) >= 11 is 0. The number of aryl methyl sites for hydroxylation is 1. The Balaban J connectivity index is 1.59. The molecule has 114 valence electrons. The molecule has 3 rings (SSSR count). The number of benzene rings is 1. The van der Waals surface area contributed by atoms with Crippen LogP contribution in [0.15, 0.2) is 47.1 Å². The Morgan fingerprint density at radius 1 is 1.27 bits per heavy atom. The summed E-state index contributed by atoms with van der Waals surface area (Å²) in [5.74, 6) is 0.738. The third kappa shape index (κ3) is 2.70. The van der Waals surface area contributed by atoms with Gasteiger partial charge in [0.1, 0.15) is 11.4 Å². The number of nitrogens with zero attached hydrogens (tertiary/aromatic N) is 1. The Bertz CT molecular complexity index is 784. The molecule has 0 radical (unpaired) electrons. The van der Waals surface area contributed by atoms with Crippen LogP contribution in [-0.4, -0.2) is 24.1 Å². The van der Waals surface area contributed by atoms with Gasteiger partial charge in [-0.05, 0) is 24.1 Å². The molecule has 5 nitrogen and oxygen atoms in total. The van der Waals surface area contributed by atoms with Crippen molar-refractivity contribution in [3.63, 3.8) is 0 Å². The number of hydrogen-bond donors (Lipinski definition) is 1. The molecule has 2 heterocycles. The summed E-state index contributed by atoms with van der Waals surface area (Å²) in [7, 11) is 3.50. The number of methoxy groups -OCH3 is 1. The molecule has 22 heavy (non-hydrogen) atoms. The third-order valence-corrected chi connectivity index (χ3v) is 3.75. The van der Waals surface area contributed by atoms with Gasteiger partial charge in [0, 0.05) is 25.7 Å². The first kappa shape index (κ1) is 14.3. The number of aromatic nitrogens is 1. The van der Waals surface area contributed by atoms with Crippen LogP contribution in [0.2, 0.25) is 0 Å². The average Bonchev–Trinajstić information content (AvgIpc) is 3.11. The minimum Gasteiger partial charge on any atom is -0.497 e. The topological polar surface area (TPSA) is 56.4 Å². The van der Waals surface area contributed by atoms with Gasteiger partial charge in [0.2, 0.25) is 0 Å². The monoisotopic (exact) mass is 298 g/mol. The van der Waals surface area contributed by atoms with E-state index in [0.717, 1.165) is 28.8 Å². The Labute approximate surface area is 128 Å². The second kappa shape index (κ2) is 5.97. The van der Waals surface area contributed by atoms with E-state index in [4.69, 9.17) is 9.15 Å². The smallest absolute Gasteiger partial charge is 0.268 e. The largest absolute Gasteiger partial charge is 0.497 e. The number of amides is 1. The zero-order valence-corrected chi connectivity index (χ0v) is 12.6. The van der Waals surface area contributed by atoms with Crippen LogP contribution in [-0.2, 0) is 13.5 Å². The van der Waals surface area contributed by atoms with Crippen LogP contribution in [0.3, 0.4) is 0 Å². The number of hydrogen-bond acceptors (Lipinski definition) is 3. The first-order chi connectivity index (χ1) is 10.7. The van der Waals surface area contributed by atoms with Gasteiger partial charge in [0.25, 0.3) is 5.91 Å². The van der Waals surface area contributed by atoms with Gasteiger partial charge in [-0.2, -0.15) is 0 Å². The zero-order valence-electron chi connectivity index (χ0n) is 12.6. The van der Waals surface area contributed by atoms with E-state index in [2.05, 4.69) is 5.32 Å². The highest BCUT2D eigenvalue weighted by atomic mass is 16.5. The van der Waals surface area contributed by atoms with Crippen molar-refractivity contribution in [3.05, 3.63) is 53.9 Å². The van der Waals surface area contributed by atoms with Crippen molar-refractivity contribution >= 4 is 17.0 Å².